The van der Waals surface area contributed by atoms with Gasteiger partial charge in [-0.15, -0.1) is 0 Å². The Morgan fingerprint density at radius 1 is 1.19 bits per heavy atom. The minimum atomic E-state index is -0.515. The summed E-state index contributed by atoms with van der Waals surface area (Å²) in [5.41, 5.74) is 0.594. The Morgan fingerprint density at radius 3 is 2.48 bits per heavy atom. The maximum atomic E-state index is 12.0. The van der Waals surface area contributed by atoms with Gasteiger partial charge in [-0.25, -0.2) is 9.59 Å². The molecule has 0 aromatic rings. The fourth-order valence-electron chi connectivity index (χ4n) is 2.00. The van der Waals surface area contributed by atoms with E-state index in [2.05, 4.69) is 10.6 Å². The van der Waals surface area contributed by atoms with E-state index in [1.807, 2.05) is 13.8 Å². The van der Waals surface area contributed by atoms with Crippen LogP contribution in [0.2, 0.25) is 0 Å². The SMILES string of the molecule is CCCC(=O)OCC1=C(C(=O)OCC)[C@@H](CC)NC(=O)N1. The summed E-state index contributed by atoms with van der Waals surface area (Å²) in [7, 11) is 0. The number of nitrogens with one attached hydrogen (secondary N) is 2. The third kappa shape index (κ3) is 4.77. The number of hydrogen-bond acceptors (Lipinski definition) is 5. The molecule has 0 aromatic heterocycles. The largest absolute Gasteiger partial charge is 0.463 e. The lowest BCUT2D eigenvalue weighted by Crippen LogP contribution is -2.51. The Kier molecular flexibility index (Phi) is 6.71. The van der Waals surface area contributed by atoms with Gasteiger partial charge in [0.1, 0.15) is 6.61 Å². The van der Waals surface area contributed by atoms with Crippen LogP contribution < -0.4 is 10.6 Å². The molecule has 0 fully saturated rings. The predicted octanol–water partition coefficient (Wildman–Crippen LogP) is 1.24. The maximum Gasteiger partial charge on any atom is 0.338 e. The molecule has 0 aliphatic carbocycles. The molecule has 0 spiro atoms. The molecule has 1 atom stereocenters. The second kappa shape index (κ2) is 8.28. The van der Waals surface area contributed by atoms with Gasteiger partial charge in [-0.05, 0) is 19.8 Å². The van der Waals surface area contributed by atoms with Gasteiger partial charge in [0.2, 0.25) is 0 Å². The van der Waals surface area contributed by atoms with Crippen molar-refractivity contribution in [1.82, 2.24) is 10.6 Å². The molecule has 0 aromatic carbocycles. The summed E-state index contributed by atoms with van der Waals surface area (Å²) in [6.45, 7) is 5.50. The monoisotopic (exact) mass is 298 g/mol. The van der Waals surface area contributed by atoms with Gasteiger partial charge in [0.15, 0.2) is 0 Å². The summed E-state index contributed by atoms with van der Waals surface area (Å²) < 4.78 is 10.1. The van der Waals surface area contributed by atoms with E-state index in [4.69, 9.17) is 9.47 Å². The van der Waals surface area contributed by atoms with Gasteiger partial charge in [-0.2, -0.15) is 0 Å². The number of carbonyl (C=O) groups excluding carboxylic acids is 3. The number of urea groups is 1. The fraction of sp³-hybridized carbons (Fsp3) is 0.643. The average Bonchev–Trinajstić information content (AvgIpc) is 2.44. The van der Waals surface area contributed by atoms with Crippen LogP contribution >= 0.6 is 0 Å². The smallest absolute Gasteiger partial charge is 0.338 e. The minimum absolute atomic E-state index is 0.142. The molecule has 0 bridgehead atoms. The van der Waals surface area contributed by atoms with E-state index in [0.717, 1.165) is 0 Å². The predicted molar refractivity (Wildman–Crippen MR) is 75.3 cm³/mol. The lowest BCUT2D eigenvalue weighted by molar-refractivity contribution is -0.143. The van der Waals surface area contributed by atoms with E-state index in [9.17, 15) is 14.4 Å². The standard InChI is InChI=1S/C14H22N2O5/c1-4-7-11(17)21-8-10-12(13(18)20-6-3)9(5-2)15-14(19)16-10/h9H,4-8H2,1-3H3,(H2,15,16,19)/t9-/m1/s1. The van der Waals surface area contributed by atoms with E-state index >= 15 is 0 Å². The highest BCUT2D eigenvalue weighted by molar-refractivity contribution is 5.94. The first kappa shape index (κ1) is 17.0. The quantitative estimate of drug-likeness (QED) is 0.690. The highest BCUT2D eigenvalue weighted by atomic mass is 16.5. The van der Waals surface area contributed by atoms with Gasteiger partial charge in [-0.3, -0.25) is 4.79 Å². The van der Waals surface area contributed by atoms with Crippen LogP contribution in [-0.2, 0) is 19.1 Å². The molecule has 2 amide bonds. The van der Waals surface area contributed by atoms with Crippen LogP contribution in [-0.4, -0.2) is 37.2 Å². The van der Waals surface area contributed by atoms with Crippen LogP contribution in [0.25, 0.3) is 0 Å². The van der Waals surface area contributed by atoms with Crippen LogP contribution in [0.15, 0.2) is 11.3 Å². The number of amides is 2. The van der Waals surface area contributed by atoms with E-state index < -0.39 is 18.0 Å². The van der Waals surface area contributed by atoms with Gasteiger partial charge < -0.3 is 20.1 Å². The average molecular weight is 298 g/mol. The van der Waals surface area contributed by atoms with Crippen molar-refractivity contribution in [3.05, 3.63) is 11.3 Å². The summed E-state index contributed by atoms with van der Waals surface area (Å²) in [6, 6.07) is -0.867. The zero-order valence-electron chi connectivity index (χ0n) is 12.7. The van der Waals surface area contributed by atoms with Crippen molar-refractivity contribution >= 4 is 18.0 Å². The van der Waals surface area contributed by atoms with Gasteiger partial charge in [0, 0.05) is 6.42 Å². The van der Waals surface area contributed by atoms with Crippen molar-refractivity contribution in [3.63, 3.8) is 0 Å². The third-order valence-electron chi connectivity index (χ3n) is 2.98. The highest BCUT2D eigenvalue weighted by Crippen LogP contribution is 2.17. The Bertz CT molecular complexity index is 445. The summed E-state index contributed by atoms with van der Waals surface area (Å²) in [5.74, 6) is -0.882. The molecule has 1 aliphatic heterocycles. The number of carbonyl (C=O) groups is 3. The van der Waals surface area contributed by atoms with E-state index in [-0.39, 0.29) is 24.9 Å². The number of rotatable bonds is 7. The second-order valence-corrected chi connectivity index (χ2v) is 4.58. The molecule has 0 unspecified atom stereocenters. The second-order valence-electron chi connectivity index (χ2n) is 4.58. The normalized spacial score (nSPS) is 17.9. The Hall–Kier alpha value is -2.05. The first-order valence-electron chi connectivity index (χ1n) is 7.16. The van der Waals surface area contributed by atoms with Crippen molar-refractivity contribution in [2.75, 3.05) is 13.2 Å². The van der Waals surface area contributed by atoms with Crippen molar-refractivity contribution in [3.8, 4) is 0 Å². The first-order valence-corrected chi connectivity index (χ1v) is 7.16. The van der Waals surface area contributed by atoms with E-state index in [1.165, 1.54) is 0 Å². The van der Waals surface area contributed by atoms with Crippen molar-refractivity contribution in [1.29, 1.82) is 0 Å². The molecule has 2 N–H and O–H groups in total. The molecule has 1 aliphatic rings. The van der Waals surface area contributed by atoms with Crippen molar-refractivity contribution in [2.24, 2.45) is 0 Å². The molecule has 0 saturated carbocycles. The summed E-state index contributed by atoms with van der Waals surface area (Å²) in [4.78, 5) is 35.1. The third-order valence-corrected chi connectivity index (χ3v) is 2.98. The van der Waals surface area contributed by atoms with Crippen LogP contribution in [0.4, 0.5) is 4.79 Å². The molecule has 7 nitrogen and oxygen atoms in total. The summed E-state index contributed by atoms with van der Waals surface area (Å²) >= 11 is 0. The first-order chi connectivity index (χ1) is 10.0. The molecular weight excluding hydrogens is 276 g/mol. The molecule has 1 rings (SSSR count). The summed E-state index contributed by atoms with van der Waals surface area (Å²) in [5, 5.41) is 5.17. The number of hydrogen-bond donors (Lipinski definition) is 2. The van der Waals surface area contributed by atoms with Gasteiger partial charge in [-0.1, -0.05) is 13.8 Å². The van der Waals surface area contributed by atoms with E-state index in [1.54, 1.807) is 6.92 Å². The molecule has 7 heteroatoms. The van der Waals surface area contributed by atoms with Crippen LogP contribution in [0.3, 0.4) is 0 Å². The fourth-order valence-corrected chi connectivity index (χ4v) is 2.00. The van der Waals surface area contributed by atoms with Crippen molar-refractivity contribution in [2.45, 2.75) is 46.1 Å². The van der Waals surface area contributed by atoms with Gasteiger partial charge in [0.05, 0.1) is 23.9 Å². The Morgan fingerprint density at radius 2 is 1.90 bits per heavy atom. The zero-order chi connectivity index (χ0) is 15.8. The van der Waals surface area contributed by atoms with Crippen molar-refractivity contribution < 1.29 is 23.9 Å². The number of esters is 2. The minimum Gasteiger partial charge on any atom is -0.463 e. The molecule has 1 heterocycles. The molecular formula is C14H22N2O5. The molecule has 118 valence electrons. The maximum absolute atomic E-state index is 12.0. The van der Waals surface area contributed by atoms with Crippen LogP contribution in [0.5, 0.6) is 0 Å². The Balaban J connectivity index is 2.94. The molecule has 0 radical (unpaired) electrons. The molecule has 0 saturated heterocycles. The topological polar surface area (TPSA) is 93.7 Å². The van der Waals surface area contributed by atoms with E-state index in [0.29, 0.717) is 24.8 Å². The van der Waals surface area contributed by atoms with Gasteiger partial charge >= 0.3 is 18.0 Å². The van der Waals surface area contributed by atoms with Crippen LogP contribution in [0, 0.1) is 0 Å². The summed E-state index contributed by atoms with van der Waals surface area (Å²) in [6.07, 6.45) is 1.51. The van der Waals surface area contributed by atoms with Gasteiger partial charge in [0.25, 0.3) is 0 Å². The van der Waals surface area contributed by atoms with Crippen LogP contribution in [0.1, 0.15) is 40.0 Å². The number of ether oxygens (including phenoxy) is 2. The molecule has 21 heavy (non-hydrogen) atoms. The Labute approximate surface area is 124 Å². The zero-order valence-corrected chi connectivity index (χ0v) is 12.7. The highest BCUT2D eigenvalue weighted by Gasteiger charge is 2.31. The lowest BCUT2D eigenvalue weighted by Gasteiger charge is -2.28. The lowest BCUT2D eigenvalue weighted by atomic mass is 10.0.